The van der Waals surface area contributed by atoms with Gasteiger partial charge in [-0.1, -0.05) is 59.8 Å². The SMILES string of the molecule is CC(=O)NCCc1ccc(C(=O)CSc2nc3ccccc3c(=O)n2CCC2=CCCCC2)cc1. The van der Waals surface area contributed by atoms with Gasteiger partial charge in [-0.2, -0.15) is 0 Å². The molecular formula is C28H31N3O3S. The number of ketones is 1. The Morgan fingerprint density at radius 2 is 1.86 bits per heavy atom. The summed E-state index contributed by atoms with van der Waals surface area (Å²) in [6.07, 6.45) is 8.51. The van der Waals surface area contributed by atoms with Gasteiger partial charge in [-0.3, -0.25) is 19.0 Å². The third-order valence-corrected chi connectivity index (χ3v) is 7.24. The summed E-state index contributed by atoms with van der Waals surface area (Å²) in [7, 11) is 0. The first-order chi connectivity index (χ1) is 17.0. The van der Waals surface area contributed by atoms with Crippen LogP contribution in [0.15, 0.2) is 70.1 Å². The molecule has 4 rings (SSSR count). The summed E-state index contributed by atoms with van der Waals surface area (Å²) in [6, 6.07) is 14.9. The fraction of sp³-hybridized carbons (Fsp3) is 0.357. The van der Waals surface area contributed by atoms with Gasteiger partial charge in [0.2, 0.25) is 5.91 Å². The lowest BCUT2D eigenvalue weighted by atomic mass is 9.97. The van der Waals surface area contributed by atoms with Crippen molar-refractivity contribution >= 4 is 34.4 Å². The van der Waals surface area contributed by atoms with Crippen LogP contribution in [0.25, 0.3) is 10.9 Å². The molecular weight excluding hydrogens is 458 g/mol. The summed E-state index contributed by atoms with van der Waals surface area (Å²) in [5.74, 6) is 0.149. The number of nitrogens with one attached hydrogen (secondary N) is 1. The van der Waals surface area contributed by atoms with E-state index in [0.717, 1.165) is 24.8 Å². The summed E-state index contributed by atoms with van der Waals surface area (Å²) >= 11 is 1.32. The smallest absolute Gasteiger partial charge is 0.262 e. The van der Waals surface area contributed by atoms with Gasteiger partial charge in [-0.05, 0) is 56.2 Å². The number of carbonyl (C=O) groups excluding carboxylic acids is 2. The number of rotatable bonds is 10. The third-order valence-electron chi connectivity index (χ3n) is 6.26. The second-order valence-electron chi connectivity index (χ2n) is 8.87. The van der Waals surface area contributed by atoms with Gasteiger partial charge in [-0.25, -0.2) is 4.98 Å². The maximum Gasteiger partial charge on any atom is 0.262 e. The lowest BCUT2D eigenvalue weighted by Crippen LogP contribution is -2.24. The Morgan fingerprint density at radius 3 is 2.60 bits per heavy atom. The second kappa shape index (κ2) is 12.0. The van der Waals surface area contributed by atoms with E-state index in [4.69, 9.17) is 4.98 Å². The van der Waals surface area contributed by atoms with Crippen LogP contribution < -0.4 is 10.9 Å². The first-order valence-corrected chi connectivity index (χ1v) is 13.2. The molecule has 1 amide bonds. The second-order valence-corrected chi connectivity index (χ2v) is 9.81. The molecule has 0 saturated carbocycles. The lowest BCUT2D eigenvalue weighted by molar-refractivity contribution is -0.118. The minimum atomic E-state index is -0.0509. The largest absolute Gasteiger partial charge is 0.356 e. The van der Waals surface area contributed by atoms with Crippen molar-refractivity contribution in [2.24, 2.45) is 0 Å². The minimum Gasteiger partial charge on any atom is -0.356 e. The van der Waals surface area contributed by atoms with Gasteiger partial charge < -0.3 is 5.32 Å². The predicted octanol–water partition coefficient (Wildman–Crippen LogP) is 4.94. The zero-order chi connectivity index (χ0) is 24.6. The molecule has 0 spiro atoms. The van der Waals surface area contributed by atoms with E-state index in [1.165, 1.54) is 37.1 Å². The van der Waals surface area contributed by atoms with E-state index in [1.807, 2.05) is 48.5 Å². The van der Waals surface area contributed by atoms with Gasteiger partial charge in [-0.15, -0.1) is 0 Å². The normalized spacial score (nSPS) is 13.5. The summed E-state index contributed by atoms with van der Waals surface area (Å²) in [4.78, 5) is 41.9. The third kappa shape index (κ3) is 6.69. The average molecular weight is 490 g/mol. The van der Waals surface area contributed by atoms with Crippen molar-refractivity contribution in [2.75, 3.05) is 12.3 Å². The van der Waals surface area contributed by atoms with Crippen molar-refractivity contribution in [1.29, 1.82) is 0 Å². The number of allylic oxidation sites excluding steroid dienone is 2. The number of aromatic nitrogens is 2. The van der Waals surface area contributed by atoms with Crippen molar-refractivity contribution in [1.82, 2.24) is 14.9 Å². The van der Waals surface area contributed by atoms with Crippen LogP contribution in [-0.4, -0.2) is 33.5 Å². The Kier molecular flexibility index (Phi) is 8.53. The molecule has 3 aromatic rings. The first kappa shape index (κ1) is 24.9. The molecule has 0 aliphatic heterocycles. The number of para-hydroxylation sites is 1. The number of thioether (sulfide) groups is 1. The summed E-state index contributed by atoms with van der Waals surface area (Å²) in [5.41, 5.74) is 3.70. The Morgan fingerprint density at radius 1 is 1.06 bits per heavy atom. The Hall–Kier alpha value is -3.19. The van der Waals surface area contributed by atoms with Gasteiger partial charge in [0.25, 0.3) is 5.56 Å². The molecule has 1 aliphatic carbocycles. The molecule has 6 nitrogen and oxygen atoms in total. The zero-order valence-corrected chi connectivity index (χ0v) is 20.9. The molecule has 0 bridgehead atoms. The molecule has 1 N–H and O–H groups in total. The van der Waals surface area contributed by atoms with Crippen LogP contribution in [0.3, 0.4) is 0 Å². The van der Waals surface area contributed by atoms with E-state index in [1.54, 1.807) is 4.57 Å². The van der Waals surface area contributed by atoms with Gasteiger partial charge in [0.05, 0.1) is 16.7 Å². The number of carbonyl (C=O) groups is 2. The molecule has 1 heterocycles. The van der Waals surface area contributed by atoms with Crippen molar-refractivity contribution in [3.05, 3.63) is 81.7 Å². The van der Waals surface area contributed by atoms with E-state index in [2.05, 4.69) is 11.4 Å². The quantitative estimate of drug-likeness (QED) is 0.189. The monoisotopic (exact) mass is 489 g/mol. The fourth-order valence-corrected chi connectivity index (χ4v) is 5.22. The van der Waals surface area contributed by atoms with Crippen LogP contribution in [0.5, 0.6) is 0 Å². The van der Waals surface area contributed by atoms with E-state index >= 15 is 0 Å². The lowest BCUT2D eigenvalue weighted by Gasteiger charge is -2.16. The number of hydrogen-bond donors (Lipinski definition) is 1. The standard InChI is InChI=1S/C28H31N3O3S/c1-20(32)29-17-15-22-11-13-23(14-12-22)26(33)19-35-28-30-25-10-6-5-9-24(25)27(34)31(28)18-16-21-7-3-2-4-8-21/h5-7,9-14H,2-4,8,15-19H2,1H3,(H,29,32). The average Bonchev–Trinajstić information content (AvgIpc) is 2.87. The van der Waals surface area contributed by atoms with Gasteiger partial charge in [0, 0.05) is 25.6 Å². The Balaban J connectivity index is 1.47. The van der Waals surface area contributed by atoms with Crippen molar-refractivity contribution in [2.45, 2.75) is 57.1 Å². The number of amides is 1. The van der Waals surface area contributed by atoms with Crippen LogP contribution in [0.2, 0.25) is 0 Å². The molecule has 182 valence electrons. The topological polar surface area (TPSA) is 81.1 Å². The molecule has 0 atom stereocenters. The molecule has 0 fully saturated rings. The number of hydrogen-bond acceptors (Lipinski definition) is 5. The van der Waals surface area contributed by atoms with Crippen LogP contribution in [0.1, 0.15) is 54.9 Å². The van der Waals surface area contributed by atoms with Gasteiger partial charge in [0.1, 0.15) is 0 Å². The fourth-order valence-electron chi connectivity index (χ4n) is 4.30. The highest BCUT2D eigenvalue weighted by Gasteiger charge is 2.15. The molecule has 7 heteroatoms. The number of Topliss-reactive ketones (excluding diaryl/α,β-unsaturated/α-hetero) is 1. The van der Waals surface area contributed by atoms with E-state index in [0.29, 0.717) is 41.1 Å². The van der Waals surface area contributed by atoms with Crippen LogP contribution in [-0.2, 0) is 17.8 Å². The van der Waals surface area contributed by atoms with Gasteiger partial charge in [0.15, 0.2) is 10.9 Å². The highest BCUT2D eigenvalue weighted by atomic mass is 32.2. The number of nitrogens with zero attached hydrogens (tertiary/aromatic N) is 2. The molecule has 35 heavy (non-hydrogen) atoms. The first-order valence-electron chi connectivity index (χ1n) is 12.2. The summed E-state index contributed by atoms with van der Waals surface area (Å²) in [5, 5.41) is 3.97. The Bertz CT molecular complexity index is 1300. The zero-order valence-electron chi connectivity index (χ0n) is 20.1. The van der Waals surface area contributed by atoms with Crippen molar-refractivity contribution in [3.63, 3.8) is 0 Å². The van der Waals surface area contributed by atoms with Crippen molar-refractivity contribution < 1.29 is 9.59 Å². The number of fused-ring (bicyclic) bond motifs is 1. The maximum absolute atomic E-state index is 13.3. The van der Waals surface area contributed by atoms with Crippen LogP contribution in [0, 0.1) is 0 Å². The molecule has 0 radical (unpaired) electrons. The molecule has 1 aromatic heterocycles. The summed E-state index contributed by atoms with van der Waals surface area (Å²) in [6.45, 7) is 2.64. The molecule has 0 unspecified atom stereocenters. The van der Waals surface area contributed by atoms with Crippen LogP contribution in [0.4, 0.5) is 0 Å². The highest BCUT2D eigenvalue weighted by Crippen LogP contribution is 2.23. The van der Waals surface area contributed by atoms with E-state index < -0.39 is 0 Å². The Labute approximate surface area is 209 Å². The van der Waals surface area contributed by atoms with Gasteiger partial charge >= 0.3 is 0 Å². The molecule has 1 aliphatic rings. The minimum absolute atomic E-state index is 0.00708. The summed E-state index contributed by atoms with van der Waals surface area (Å²) < 4.78 is 1.74. The van der Waals surface area contributed by atoms with E-state index in [-0.39, 0.29) is 23.0 Å². The predicted molar refractivity (Wildman–Crippen MR) is 141 cm³/mol. The van der Waals surface area contributed by atoms with E-state index in [9.17, 15) is 14.4 Å². The van der Waals surface area contributed by atoms with Crippen molar-refractivity contribution in [3.8, 4) is 0 Å². The molecule has 2 aromatic carbocycles. The molecule has 0 saturated heterocycles. The number of benzene rings is 2. The van der Waals surface area contributed by atoms with Crippen LogP contribution >= 0.6 is 11.8 Å². The highest BCUT2D eigenvalue weighted by molar-refractivity contribution is 7.99. The maximum atomic E-state index is 13.3.